The zero-order chi connectivity index (χ0) is 10.1. The summed E-state index contributed by atoms with van der Waals surface area (Å²) in [7, 11) is 0. The molecular weight excluding hydrogens is 185 g/mol. The molecule has 0 atom stereocenters. The van der Waals surface area contributed by atoms with Crippen molar-refractivity contribution in [2.75, 3.05) is 0 Å². The van der Waals surface area contributed by atoms with E-state index in [9.17, 15) is 18.0 Å². The lowest BCUT2D eigenvalue weighted by molar-refractivity contribution is -0.140. The van der Waals surface area contributed by atoms with Crippen LogP contribution >= 0.6 is 0 Å². The number of aromatic nitrogens is 1. The first-order valence-corrected chi connectivity index (χ1v) is 3.14. The lowest BCUT2D eigenvalue weighted by atomic mass is 10.2. The van der Waals surface area contributed by atoms with E-state index >= 15 is 0 Å². The first kappa shape index (κ1) is 9.32. The molecule has 0 aromatic carbocycles. The summed E-state index contributed by atoms with van der Waals surface area (Å²) >= 11 is 0. The number of nitrogens with one attached hydrogen (secondary N) is 1. The maximum absolute atomic E-state index is 12.0. The van der Waals surface area contributed by atoms with Gasteiger partial charge in [-0.3, -0.25) is 4.79 Å². The van der Waals surface area contributed by atoms with E-state index < -0.39 is 11.9 Å². The van der Waals surface area contributed by atoms with Crippen LogP contribution in [0.2, 0.25) is 0 Å². The third-order valence-corrected chi connectivity index (χ3v) is 1.39. The molecule has 1 N–H and O–H groups in total. The molecule has 0 saturated carbocycles. The number of alkyl halides is 3. The van der Waals surface area contributed by atoms with E-state index in [1.54, 1.807) is 4.98 Å². The highest BCUT2D eigenvalue weighted by atomic mass is 19.4. The molecule has 3 nitrogen and oxygen atoms in total. The van der Waals surface area contributed by atoms with Crippen LogP contribution in [0.3, 0.4) is 0 Å². The van der Waals surface area contributed by atoms with Gasteiger partial charge in [0.05, 0.1) is 11.3 Å². The number of halogens is 3. The molecule has 0 saturated heterocycles. The first-order valence-electron chi connectivity index (χ1n) is 3.14. The molecule has 68 valence electrons. The van der Waals surface area contributed by atoms with Gasteiger partial charge in [-0.1, -0.05) is 0 Å². The normalized spacial score (nSPS) is 10.9. The Balaban J connectivity index is 3.24. The van der Waals surface area contributed by atoms with Crippen LogP contribution in [0.4, 0.5) is 13.2 Å². The zero-order valence-electron chi connectivity index (χ0n) is 6.14. The third-order valence-electron chi connectivity index (χ3n) is 1.39. The van der Waals surface area contributed by atoms with E-state index in [-0.39, 0.29) is 17.5 Å². The van der Waals surface area contributed by atoms with Gasteiger partial charge in [-0.2, -0.15) is 18.4 Å². The molecule has 0 aliphatic heterocycles. The molecular formula is C7H3F3N2O. The Morgan fingerprint density at radius 3 is 2.46 bits per heavy atom. The number of carbonyl (C=O) groups is 1. The zero-order valence-corrected chi connectivity index (χ0v) is 6.14. The van der Waals surface area contributed by atoms with Crippen molar-refractivity contribution in [2.45, 2.75) is 6.18 Å². The summed E-state index contributed by atoms with van der Waals surface area (Å²) in [4.78, 5) is 12.0. The van der Waals surface area contributed by atoms with Gasteiger partial charge in [0.1, 0.15) is 11.8 Å². The average molecular weight is 188 g/mol. The van der Waals surface area contributed by atoms with Crippen molar-refractivity contribution in [3.05, 3.63) is 23.0 Å². The number of hydrogen-bond donors (Lipinski definition) is 1. The first-order chi connectivity index (χ1) is 5.99. The average Bonchev–Trinajstić information content (AvgIpc) is 2.45. The van der Waals surface area contributed by atoms with Crippen LogP contribution < -0.4 is 0 Å². The molecule has 6 heteroatoms. The molecule has 0 spiro atoms. The van der Waals surface area contributed by atoms with E-state index in [1.165, 1.54) is 6.07 Å². The van der Waals surface area contributed by atoms with Crippen LogP contribution in [0.25, 0.3) is 0 Å². The van der Waals surface area contributed by atoms with Crippen LogP contribution in [0.15, 0.2) is 6.07 Å². The Labute approximate surface area is 70.8 Å². The largest absolute Gasteiger partial charge is 0.431 e. The second-order valence-corrected chi connectivity index (χ2v) is 2.24. The lowest BCUT2D eigenvalue weighted by Gasteiger charge is -2.00. The third kappa shape index (κ3) is 1.69. The van der Waals surface area contributed by atoms with Crippen LogP contribution in [0.1, 0.15) is 21.7 Å². The summed E-state index contributed by atoms with van der Waals surface area (Å²) in [5, 5.41) is 8.33. The molecule has 0 fully saturated rings. The Hall–Kier alpha value is -1.77. The fourth-order valence-electron chi connectivity index (χ4n) is 0.809. The summed E-state index contributed by atoms with van der Waals surface area (Å²) in [5.74, 6) is 0. The predicted octanol–water partition coefficient (Wildman–Crippen LogP) is 1.72. The van der Waals surface area contributed by atoms with Crippen LogP contribution in [-0.4, -0.2) is 11.3 Å². The van der Waals surface area contributed by atoms with E-state index in [2.05, 4.69) is 0 Å². The number of aromatic amines is 1. The van der Waals surface area contributed by atoms with Crippen molar-refractivity contribution in [1.29, 1.82) is 5.26 Å². The van der Waals surface area contributed by atoms with Crippen LogP contribution in [0.5, 0.6) is 0 Å². The van der Waals surface area contributed by atoms with E-state index in [1.807, 2.05) is 0 Å². The number of nitrogens with zero attached hydrogens (tertiary/aromatic N) is 1. The van der Waals surface area contributed by atoms with Crippen molar-refractivity contribution in [3.63, 3.8) is 0 Å². The maximum Gasteiger partial charge on any atom is 0.431 e. The summed E-state index contributed by atoms with van der Waals surface area (Å²) in [6, 6.07) is 2.08. The molecule has 1 aromatic heterocycles. The minimum Gasteiger partial charge on any atom is -0.348 e. The summed E-state index contributed by atoms with van der Waals surface area (Å²) in [5.41, 5.74) is -1.75. The number of aldehydes is 1. The van der Waals surface area contributed by atoms with E-state index in [4.69, 9.17) is 5.26 Å². The van der Waals surface area contributed by atoms with Crippen LogP contribution in [0, 0.1) is 11.3 Å². The molecule has 0 amide bonds. The summed E-state index contributed by atoms with van der Waals surface area (Å²) in [6.07, 6.45) is -4.39. The van der Waals surface area contributed by atoms with Gasteiger partial charge in [0.25, 0.3) is 0 Å². The molecule has 1 heterocycles. The number of rotatable bonds is 1. The number of hydrogen-bond acceptors (Lipinski definition) is 2. The van der Waals surface area contributed by atoms with E-state index in [0.717, 1.165) is 0 Å². The number of carbonyl (C=O) groups excluding carboxylic acids is 1. The second-order valence-electron chi connectivity index (χ2n) is 2.24. The lowest BCUT2D eigenvalue weighted by Crippen LogP contribution is -2.05. The summed E-state index contributed by atoms with van der Waals surface area (Å²) in [6.45, 7) is 0. The number of nitriles is 1. The van der Waals surface area contributed by atoms with Gasteiger partial charge in [0.15, 0.2) is 6.29 Å². The second kappa shape index (κ2) is 2.94. The minimum absolute atomic E-state index is 0.174. The fourth-order valence-corrected chi connectivity index (χ4v) is 0.809. The Kier molecular flexibility index (Phi) is 2.10. The van der Waals surface area contributed by atoms with Crippen molar-refractivity contribution < 1.29 is 18.0 Å². The van der Waals surface area contributed by atoms with Crippen molar-refractivity contribution >= 4 is 6.29 Å². The highest BCUT2D eigenvalue weighted by molar-refractivity contribution is 5.76. The monoisotopic (exact) mass is 188 g/mol. The molecule has 1 aromatic rings. The standard InChI is InChI=1S/C7H3F3N2O/c8-7(9,10)6-1-4(2-11)5(3-13)12-6/h1,3,12H. The van der Waals surface area contributed by atoms with Gasteiger partial charge in [0.2, 0.25) is 0 Å². The minimum atomic E-state index is -4.56. The Morgan fingerprint density at radius 1 is 1.54 bits per heavy atom. The predicted molar refractivity (Wildman–Crippen MR) is 35.9 cm³/mol. The topological polar surface area (TPSA) is 56.6 Å². The van der Waals surface area contributed by atoms with E-state index in [0.29, 0.717) is 6.07 Å². The molecule has 0 aliphatic rings. The van der Waals surface area contributed by atoms with Gasteiger partial charge < -0.3 is 4.98 Å². The molecule has 0 bridgehead atoms. The molecule has 0 unspecified atom stereocenters. The Morgan fingerprint density at radius 2 is 2.15 bits per heavy atom. The molecule has 13 heavy (non-hydrogen) atoms. The van der Waals surface area contributed by atoms with Crippen molar-refractivity contribution in [1.82, 2.24) is 4.98 Å². The van der Waals surface area contributed by atoms with Gasteiger partial charge in [-0.25, -0.2) is 0 Å². The quantitative estimate of drug-likeness (QED) is 0.682. The van der Waals surface area contributed by atoms with Gasteiger partial charge in [-0.05, 0) is 6.07 Å². The summed E-state index contributed by atoms with van der Waals surface area (Å²) < 4.78 is 36.0. The fraction of sp³-hybridized carbons (Fsp3) is 0.143. The highest BCUT2D eigenvalue weighted by Crippen LogP contribution is 2.29. The van der Waals surface area contributed by atoms with Gasteiger partial charge in [0, 0.05) is 0 Å². The Bertz CT molecular complexity index is 372. The smallest absolute Gasteiger partial charge is 0.348 e. The number of H-pyrrole nitrogens is 1. The SMILES string of the molecule is N#Cc1cc(C(F)(F)F)[nH]c1C=O. The van der Waals surface area contributed by atoms with Crippen LogP contribution in [-0.2, 0) is 6.18 Å². The molecule has 1 rings (SSSR count). The van der Waals surface area contributed by atoms with Crippen molar-refractivity contribution in [2.24, 2.45) is 0 Å². The molecule has 0 radical (unpaired) electrons. The van der Waals surface area contributed by atoms with Gasteiger partial charge in [-0.15, -0.1) is 0 Å². The molecule has 0 aliphatic carbocycles. The van der Waals surface area contributed by atoms with Crippen molar-refractivity contribution in [3.8, 4) is 6.07 Å². The maximum atomic E-state index is 12.0. The highest BCUT2D eigenvalue weighted by Gasteiger charge is 2.33. The van der Waals surface area contributed by atoms with Gasteiger partial charge >= 0.3 is 6.18 Å².